The Morgan fingerprint density at radius 1 is 0.800 bits per heavy atom. The topological polar surface area (TPSA) is 37.4 Å². The summed E-state index contributed by atoms with van der Waals surface area (Å²) in [4.78, 5) is 23.2. The summed E-state index contributed by atoms with van der Waals surface area (Å²) in [7, 11) is 0. The molecule has 0 aliphatic rings. The Balaban J connectivity index is 2.27. The van der Waals surface area contributed by atoms with Crippen molar-refractivity contribution in [2.45, 2.75) is 96.6 Å². The molecular formula is C24H35F3NO2. The number of nitrogens with zero attached hydrogens (tertiary/aromatic N) is 1. The highest BCUT2D eigenvalue weighted by Gasteiger charge is 2.42. The maximum absolute atomic E-state index is 12.9. The number of halogens is 3. The number of carbonyl (C=O) groups excluding carboxylic acids is 2. The lowest BCUT2D eigenvalue weighted by Gasteiger charge is -2.24. The second kappa shape index (κ2) is 15.0. The number of alkyl halides is 3. The number of anilines is 1. The Morgan fingerprint density at radius 2 is 1.23 bits per heavy atom. The van der Waals surface area contributed by atoms with Gasteiger partial charge in [-0.3, -0.25) is 9.59 Å². The molecule has 0 atom stereocenters. The Hall–Kier alpha value is -1.85. The van der Waals surface area contributed by atoms with Gasteiger partial charge in [-0.05, 0) is 30.7 Å². The summed E-state index contributed by atoms with van der Waals surface area (Å²) in [5, 5.41) is 0. The molecule has 3 nitrogen and oxygen atoms in total. The molecule has 6 heteroatoms. The second-order valence-corrected chi connectivity index (χ2v) is 7.85. The van der Waals surface area contributed by atoms with Gasteiger partial charge in [0.05, 0.1) is 0 Å². The number of rotatable bonds is 16. The first kappa shape index (κ1) is 26.2. The van der Waals surface area contributed by atoms with Crippen molar-refractivity contribution >= 4 is 17.9 Å². The van der Waals surface area contributed by atoms with Crippen LogP contribution in [0, 0.1) is 0 Å². The van der Waals surface area contributed by atoms with Crippen molar-refractivity contribution in [2.24, 2.45) is 0 Å². The summed E-state index contributed by atoms with van der Waals surface area (Å²) in [6, 6.07) is 5.43. The van der Waals surface area contributed by atoms with E-state index in [0.29, 0.717) is 6.42 Å². The molecule has 0 heterocycles. The third-order valence-corrected chi connectivity index (χ3v) is 5.27. The van der Waals surface area contributed by atoms with E-state index in [1.807, 2.05) is 0 Å². The minimum absolute atomic E-state index is 0.0141. The molecule has 0 saturated carbocycles. The van der Waals surface area contributed by atoms with E-state index in [-0.39, 0.29) is 17.8 Å². The summed E-state index contributed by atoms with van der Waals surface area (Å²) in [6.07, 6.45) is 11.6. The highest BCUT2D eigenvalue weighted by molar-refractivity contribution is 5.97. The van der Waals surface area contributed by atoms with Crippen LogP contribution >= 0.6 is 0 Å². The maximum Gasteiger partial charge on any atom is 0.471 e. The SMILES string of the molecule is CCCCCCCCCCCCCCCN(C(=O)C(F)(F)F)c1ccc([C]=O)cc1. The number of benzene rings is 1. The lowest BCUT2D eigenvalue weighted by molar-refractivity contribution is -0.170. The number of carbonyl (C=O) groups is 1. The third-order valence-electron chi connectivity index (χ3n) is 5.27. The Labute approximate surface area is 179 Å². The Kier molecular flexibility index (Phi) is 13.1. The fourth-order valence-electron chi connectivity index (χ4n) is 3.50. The molecule has 0 aromatic heterocycles. The molecule has 0 aliphatic carbocycles. The molecule has 0 N–H and O–H groups in total. The summed E-state index contributed by atoms with van der Waals surface area (Å²) in [5.74, 6) is -1.87. The minimum atomic E-state index is -4.92. The van der Waals surface area contributed by atoms with Crippen molar-refractivity contribution in [3.8, 4) is 0 Å². The molecule has 1 aromatic carbocycles. The fourth-order valence-corrected chi connectivity index (χ4v) is 3.50. The maximum atomic E-state index is 12.9. The van der Waals surface area contributed by atoms with Gasteiger partial charge in [-0.2, -0.15) is 13.2 Å². The molecule has 0 aliphatic heterocycles. The van der Waals surface area contributed by atoms with Crippen LogP contribution < -0.4 is 4.90 Å². The van der Waals surface area contributed by atoms with Crippen LogP contribution in [0.25, 0.3) is 0 Å². The van der Waals surface area contributed by atoms with Crippen LogP contribution in [0.1, 0.15) is 96.0 Å². The van der Waals surface area contributed by atoms with Crippen LogP contribution in [-0.2, 0) is 9.59 Å². The molecule has 30 heavy (non-hydrogen) atoms. The van der Waals surface area contributed by atoms with E-state index < -0.39 is 12.1 Å². The van der Waals surface area contributed by atoms with Crippen molar-refractivity contribution in [1.82, 2.24) is 0 Å². The van der Waals surface area contributed by atoms with Gasteiger partial charge in [0.25, 0.3) is 0 Å². The highest BCUT2D eigenvalue weighted by Crippen LogP contribution is 2.25. The molecular weight excluding hydrogens is 391 g/mol. The van der Waals surface area contributed by atoms with Gasteiger partial charge in [0.2, 0.25) is 6.29 Å². The van der Waals surface area contributed by atoms with Gasteiger partial charge in [0.15, 0.2) is 0 Å². The summed E-state index contributed by atoms with van der Waals surface area (Å²) in [5.41, 5.74) is 0.384. The normalized spacial score (nSPS) is 11.5. The van der Waals surface area contributed by atoms with Gasteiger partial charge in [0.1, 0.15) is 0 Å². The van der Waals surface area contributed by atoms with Crippen molar-refractivity contribution < 1.29 is 22.8 Å². The molecule has 1 rings (SSSR count). The molecule has 0 spiro atoms. The summed E-state index contributed by atoms with van der Waals surface area (Å²) in [6.45, 7) is 2.23. The molecule has 0 saturated heterocycles. The number of amides is 1. The van der Waals surface area contributed by atoms with Crippen molar-refractivity contribution in [2.75, 3.05) is 11.4 Å². The number of hydrogen-bond donors (Lipinski definition) is 0. The van der Waals surface area contributed by atoms with Gasteiger partial charge in [-0.25, -0.2) is 0 Å². The summed E-state index contributed by atoms with van der Waals surface area (Å²) >= 11 is 0. The van der Waals surface area contributed by atoms with Gasteiger partial charge in [-0.1, -0.05) is 84.0 Å². The van der Waals surface area contributed by atoms with E-state index in [9.17, 15) is 22.8 Å². The fraction of sp³-hybridized carbons (Fsp3) is 0.667. The molecule has 1 aromatic rings. The van der Waals surface area contributed by atoms with E-state index in [4.69, 9.17) is 0 Å². The van der Waals surface area contributed by atoms with E-state index in [1.54, 1.807) is 6.29 Å². The Bertz CT molecular complexity index is 599. The molecule has 1 radical (unpaired) electrons. The van der Waals surface area contributed by atoms with Gasteiger partial charge in [0, 0.05) is 17.8 Å². The monoisotopic (exact) mass is 426 g/mol. The lowest BCUT2D eigenvalue weighted by Crippen LogP contribution is -2.41. The molecule has 0 bridgehead atoms. The number of hydrogen-bond acceptors (Lipinski definition) is 2. The van der Waals surface area contributed by atoms with E-state index in [2.05, 4.69) is 6.92 Å². The van der Waals surface area contributed by atoms with E-state index in [1.165, 1.54) is 75.6 Å². The zero-order valence-electron chi connectivity index (χ0n) is 18.1. The molecule has 0 fully saturated rings. The average molecular weight is 427 g/mol. The zero-order chi connectivity index (χ0) is 22.2. The Morgan fingerprint density at radius 3 is 1.63 bits per heavy atom. The molecule has 0 unspecified atom stereocenters. The van der Waals surface area contributed by atoms with E-state index >= 15 is 0 Å². The average Bonchev–Trinajstić information content (AvgIpc) is 2.73. The third kappa shape index (κ3) is 10.8. The first-order chi connectivity index (χ1) is 14.4. The first-order valence-corrected chi connectivity index (χ1v) is 11.3. The van der Waals surface area contributed by atoms with Crippen LogP contribution in [-0.4, -0.2) is 24.9 Å². The highest BCUT2D eigenvalue weighted by atomic mass is 19.4. The van der Waals surface area contributed by atoms with Gasteiger partial charge in [-0.15, -0.1) is 0 Å². The van der Waals surface area contributed by atoms with Gasteiger partial charge >= 0.3 is 12.1 Å². The van der Waals surface area contributed by atoms with Crippen LogP contribution in [0.4, 0.5) is 18.9 Å². The first-order valence-electron chi connectivity index (χ1n) is 11.3. The van der Waals surface area contributed by atoms with Crippen molar-refractivity contribution in [1.29, 1.82) is 0 Å². The van der Waals surface area contributed by atoms with Crippen LogP contribution in [0.3, 0.4) is 0 Å². The lowest BCUT2D eigenvalue weighted by atomic mass is 10.0. The minimum Gasteiger partial charge on any atom is -0.305 e. The van der Waals surface area contributed by atoms with Crippen molar-refractivity contribution in [3.05, 3.63) is 29.8 Å². The zero-order valence-corrected chi connectivity index (χ0v) is 18.1. The quantitative estimate of drug-likeness (QED) is 0.264. The predicted octanol–water partition coefficient (Wildman–Crippen LogP) is 7.13. The summed E-state index contributed by atoms with van der Waals surface area (Å²) < 4.78 is 38.8. The molecule has 1 amide bonds. The van der Waals surface area contributed by atoms with Crippen LogP contribution in [0.5, 0.6) is 0 Å². The van der Waals surface area contributed by atoms with Crippen LogP contribution in [0.15, 0.2) is 24.3 Å². The van der Waals surface area contributed by atoms with Crippen LogP contribution in [0.2, 0.25) is 0 Å². The standard InChI is InChI=1S/C24H35F3NO2/c1-2-3-4-5-6-7-8-9-10-11-12-13-14-19-28(23(30)24(25,26)27)22-17-15-21(20-29)16-18-22/h15-18H,2-14,19H2,1H3. The molecule has 169 valence electrons. The second-order valence-electron chi connectivity index (χ2n) is 7.85. The van der Waals surface area contributed by atoms with Gasteiger partial charge < -0.3 is 4.90 Å². The smallest absolute Gasteiger partial charge is 0.305 e. The number of unbranched alkanes of at least 4 members (excludes halogenated alkanes) is 12. The van der Waals surface area contributed by atoms with Crippen molar-refractivity contribution in [3.63, 3.8) is 0 Å². The van der Waals surface area contributed by atoms with E-state index in [0.717, 1.165) is 30.6 Å². The largest absolute Gasteiger partial charge is 0.471 e. The predicted molar refractivity (Wildman–Crippen MR) is 115 cm³/mol.